The zero-order chi connectivity index (χ0) is 15.0. The van der Waals surface area contributed by atoms with Crippen molar-refractivity contribution < 1.29 is 4.74 Å². The Hall–Kier alpha value is -1.06. The highest BCUT2D eigenvalue weighted by Crippen LogP contribution is 2.38. The fourth-order valence-electron chi connectivity index (χ4n) is 3.76. The molecule has 1 aromatic carbocycles. The van der Waals surface area contributed by atoms with E-state index in [0.717, 1.165) is 24.8 Å². The molecule has 0 radical (unpaired) electrons. The van der Waals surface area contributed by atoms with Crippen LogP contribution in [0, 0.1) is 25.7 Å². The Balaban J connectivity index is 1.73. The third-order valence-electron chi connectivity index (χ3n) is 5.25. The molecule has 0 bridgehead atoms. The van der Waals surface area contributed by atoms with Crippen molar-refractivity contribution in [3.8, 4) is 5.75 Å². The number of piperidine rings is 1. The molecule has 21 heavy (non-hydrogen) atoms. The smallest absolute Gasteiger partial charge is 0.127 e. The minimum atomic E-state index is 0.102. The van der Waals surface area contributed by atoms with Crippen molar-refractivity contribution in [2.75, 3.05) is 26.2 Å². The van der Waals surface area contributed by atoms with E-state index < -0.39 is 0 Å². The van der Waals surface area contributed by atoms with Gasteiger partial charge in [0.25, 0.3) is 0 Å². The highest BCUT2D eigenvalue weighted by molar-refractivity contribution is 5.48. The van der Waals surface area contributed by atoms with Crippen LogP contribution in [-0.2, 0) is 0 Å². The SMILES string of the molecule is Cc1ccc2c(c1C)OCC(CN1CCCC(C)C1)C2N. The van der Waals surface area contributed by atoms with Gasteiger partial charge in [-0.2, -0.15) is 0 Å². The summed E-state index contributed by atoms with van der Waals surface area (Å²) in [6.07, 6.45) is 2.68. The summed E-state index contributed by atoms with van der Waals surface area (Å²) >= 11 is 0. The standard InChI is InChI=1S/C18H28N2O/c1-12-5-4-8-20(9-12)10-15-11-21-18-14(3)13(2)6-7-16(18)17(15)19/h6-7,12,15,17H,4-5,8-11,19H2,1-3H3. The molecule has 116 valence electrons. The molecule has 3 rings (SSSR count). The number of rotatable bonds is 2. The quantitative estimate of drug-likeness (QED) is 0.909. The molecule has 1 saturated heterocycles. The van der Waals surface area contributed by atoms with E-state index in [1.54, 1.807) is 0 Å². The Kier molecular flexibility index (Phi) is 4.23. The van der Waals surface area contributed by atoms with Crippen molar-refractivity contribution in [3.63, 3.8) is 0 Å². The van der Waals surface area contributed by atoms with Crippen molar-refractivity contribution in [1.29, 1.82) is 0 Å². The average Bonchev–Trinajstić information content (AvgIpc) is 2.46. The number of nitrogens with two attached hydrogens (primary N) is 1. The summed E-state index contributed by atoms with van der Waals surface area (Å²) < 4.78 is 6.08. The van der Waals surface area contributed by atoms with Gasteiger partial charge in [0, 0.05) is 30.6 Å². The molecule has 2 aliphatic heterocycles. The van der Waals surface area contributed by atoms with Gasteiger partial charge in [-0.05, 0) is 50.3 Å². The fourth-order valence-corrected chi connectivity index (χ4v) is 3.76. The minimum absolute atomic E-state index is 0.102. The van der Waals surface area contributed by atoms with Crippen LogP contribution in [0.25, 0.3) is 0 Å². The third kappa shape index (κ3) is 2.95. The van der Waals surface area contributed by atoms with Gasteiger partial charge in [-0.15, -0.1) is 0 Å². The molecule has 2 N–H and O–H groups in total. The van der Waals surface area contributed by atoms with Crippen molar-refractivity contribution in [3.05, 3.63) is 28.8 Å². The molecule has 3 atom stereocenters. The lowest BCUT2D eigenvalue weighted by atomic mass is 9.88. The Bertz CT molecular complexity index is 514. The number of likely N-dealkylation sites (tertiary alicyclic amines) is 1. The summed E-state index contributed by atoms with van der Waals surface area (Å²) in [7, 11) is 0. The van der Waals surface area contributed by atoms with Crippen LogP contribution in [0.3, 0.4) is 0 Å². The van der Waals surface area contributed by atoms with Gasteiger partial charge in [0.15, 0.2) is 0 Å². The van der Waals surface area contributed by atoms with E-state index in [0.29, 0.717) is 5.92 Å². The summed E-state index contributed by atoms with van der Waals surface area (Å²) in [5.41, 5.74) is 10.3. The van der Waals surface area contributed by atoms with Crippen LogP contribution < -0.4 is 10.5 Å². The lowest BCUT2D eigenvalue weighted by Crippen LogP contribution is -2.43. The number of hydrogen-bond acceptors (Lipinski definition) is 3. The van der Waals surface area contributed by atoms with E-state index in [-0.39, 0.29) is 6.04 Å². The second-order valence-electron chi connectivity index (χ2n) is 7.03. The maximum Gasteiger partial charge on any atom is 0.127 e. The van der Waals surface area contributed by atoms with Gasteiger partial charge in [0.2, 0.25) is 0 Å². The van der Waals surface area contributed by atoms with Crippen LogP contribution in [-0.4, -0.2) is 31.1 Å². The molecule has 2 aliphatic rings. The van der Waals surface area contributed by atoms with Crippen LogP contribution in [0.4, 0.5) is 0 Å². The first kappa shape index (κ1) is 14.9. The molecular weight excluding hydrogens is 260 g/mol. The van der Waals surface area contributed by atoms with E-state index in [2.05, 4.69) is 37.8 Å². The molecule has 3 unspecified atom stereocenters. The first-order chi connectivity index (χ1) is 10.1. The third-order valence-corrected chi connectivity index (χ3v) is 5.25. The number of ether oxygens (including phenoxy) is 1. The molecule has 0 aliphatic carbocycles. The molecule has 3 heteroatoms. The number of benzene rings is 1. The first-order valence-corrected chi connectivity index (χ1v) is 8.27. The molecule has 0 saturated carbocycles. The van der Waals surface area contributed by atoms with E-state index in [1.165, 1.54) is 42.6 Å². The lowest BCUT2D eigenvalue weighted by Gasteiger charge is -2.38. The Morgan fingerprint density at radius 1 is 1.33 bits per heavy atom. The number of nitrogens with zero attached hydrogens (tertiary/aromatic N) is 1. The normalized spacial score (nSPS) is 29.8. The van der Waals surface area contributed by atoms with Gasteiger partial charge in [-0.25, -0.2) is 0 Å². The van der Waals surface area contributed by atoms with E-state index >= 15 is 0 Å². The first-order valence-electron chi connectivity index (χ1n) is 8.27. The van der Waals surface area contributed by atoms with Gasteiger partial charge < -0.3 is 15.4 Å². The van der Waals surface area contributed by atoms with Crippen LogP contribution >= 0.6 is 0 Å². The van der Waals surface area contributed by atoms with Crippen LogP contribution in [0.5, 0.6) is 5.75 Å². The average molecular weight is 288 g/mol. The van der Waals surface area contributed by atoms with E-state index in [9.17, 15) is 0 Å². The molecular formula is C18H28N2O. The predicted octanol–water partition coefficient (Wildman–Crippen LogP) is 3.04. The minimum Gasteiger partial charge on any atom is -0.493 e. The van der Waals surface area contributed by atoms with Crippen molar-refractivity contribution >= 4 is 0 Å². The van der Waals surface area contributed by atoms with Gasteiger partial charge in [-0.3, -0.25) is 0 Å². The maximum atomic E-state index is 6.55. The molecule has 1 fully saturated rings. The van der Waals surface area contributed by atoms with Crippen molar-refractivity contribution in [2.24, 2.45) is 17.6 Å². The fraction of sp³-hybridized carbons (Fsp3) is 0.667. The largest absolute Gasteiger partial charge is 0.493 e. The lowest BCUT2D eigenvalue weighted by molar-refractivity contribution is 0.109. The highest BCUT2D eigenvalue weighted by Gasteiger charge is 2.31. The van der Waals surface area contributed by atoms with Gasteiger partial charge >= 0.3 is 0 Å². The van der Waals surface area contributed by atoms with Gasteiger partial charge in [0.1, 0.15) is 5.75 Å². The molecule has 2 heterocycles. The van der Waals surface area contributed by atoms with Crippen LogP contribution in [0.15, 0.2) is 12.1 Å². The van der Waals surface area contributed by atoms with Crippen molar-refractivity contribution in [1.82, 2.24) is 4.90 Å². The maximum absolute atomic E-state index is 6.55. The second kappa shape index (κ2) is 5.98. The summed E-state index contributed by atoms with van der Waals surface area (Å²) in [5, 5.41) is 0. The summed E-state index contributed by atoms with van der Waals surface area (Å²) in [5.74, 6) is 2.26. The van der Waals surface area contributed by atoms with Gasteiger partial charge in [0.05, 0.1) is 6.61 Å². The Morgan fingerprint density at radius 3 is 2.90 bits per heavy atom. The van der Waals surface area contributed by atoms with E-state index in [1.807, 2.05) is 0 Å². The van der Waals surface area contributed by atoms with Gasteiger partial charge in [-0.1, -0.05) is 19.1 Å². The molecule has 0 spiro atoms. The molecule has 0 amide bonds. The number of aryl methyl sites for hydroxylation is 1. The molecule has 1 aromatic rings. The van der Waals surface area contributed by atoms with Crippen molar-refractivity contribution in [2.45, 2.75) is 39.7 Å². The summed E-state index contributed by atoms with van der Waals surface area (Å²) in [4.78, 5) is 2.58. The number of fused-ring (bicyclic) bond motifs is 1. The zero-order valence-electron chi connectivity index (χ0n) is 13.6. The monoisotopic (exact) mass is 288 g/mol. The van der Waals surface area contributed by atoms with Crippen LogP contribution in [0.1, 0.15) is 42.5 Å². The topological polar surface area (TPSA) is 38.5 Å². The highest BCUT2D eigenvalue weighted by atomic mass is 16.5. The second-order valence-corrected chi connectivity index (χ2v) is 7.03. The molecule has 3 nitrogen and oxygen atoms in total. The zero-order valence-corrected chi connectivity index (χ0v) is 13.6. The summed E-state index contributed by atoms with van der Waals surface area (Å²) in [6, 6.07) is 4.43. The van der Waals surface area contributed by atoms with E-state index in [4.69, 9.17) is 10.5 Å². The predicted molar refractivity (Wildman–Crippen MR) is 86.7 cm³/mol. The summed E-state index contributed by atoms with van der Waals surface area (Å²) in [6.45, 7) is 10.9. The number of hydrogen-bond donors (Lipinski definition) is 1. The molecule has 0 aromatic heterocycles. The van der Waals surface area contributed by atoms with Crippen LogP contribution in [0.2, 0.25) is 0 Å². The Morgan fingerprint density at radius 2 is 2.14 bits per heavy atom. The Labute approximate surface area is 128 Å².